The zero-order chi connectivity index (χ0) is 30.9. The highest BCUT2D eigenvalue weighted by Crippen LogP contribution is 2.46. The zero-order valence-corrected chi connectivity index (χ0v) is 25.2. The van der Waals surface area contributed by atoms with Crippen LogP contribution >= 0.6 is 0 Å². The normalized spacial score (nSPS) is 18.0. The van der Waals surface area contributed by atoms with Crippen LogP contribution in [0.3, 0.4) is 0 Å². The molecule has 0 spiro atoms. The number of aliphatic carboxylic acids is 2. The van der Waals surface area contributed by atoms with Crippen molar-refractivity contribution in [3.63, 3.8) is 0 Å². The minimum Gasteiger partial charge on any atom is -0.478 e. The Labute approximate surface area is 259 Å². The number of ketones is 1. The van der Waals surface area contributed by atoms with E-state index in [0.29, 0.717) is 36.2 Å². The molecule has 7 heteroatoms. The van der Waals surface area contributed by atoms with Crippen LogP contribution in [0.15, 0.2) is 84.9 Å². The molecule has 6 rings (SSSR count). The Bertz CT molecular complexity index is 1450. The van der Waals surface area contributed by atoms with Crippen LogP contribution in [0, 0.1) is 5.92 Å². The average molecular weight is 595 g/mol. The van der Waals surface area contributed by atoms with Crippen LogP contribution in [-0.2, 0) is 29.1 Å². The number of nitrogens with zero attached hydrogens (tertiary/aromatic N) is 2. The summed E-state index contributed by atoms with van der Waals surface area (Å²) in [5, 5.41) is 15.6. The van der Waals surface area contributed by atoms with Crippen molar-refractivity contribution in [3.05, 3.63) is 113 Å². The molecule has 2 heterocycles. The molecule has 2 N–H and O–H groups in total. The Morgan fingerprint density at radius 2 is 1.39 bits per heavy atom. The molecule has 1 unspecified atom stereocenters. The quantitative estimate of drug-likeness (QED) is 0.199. The van der Waals surface area contributed by atoms with Gasteiger partial charge in [0.2, 0.25) is 0 Å². The van der Waals surface area contributed by atoms with Crippen LogP contribution in [0.5, 0.6) is 0 Å². The van der Waals surface area contributed by atoms with E-state index in [1.54, 1.807) is 0 Å². The summed E-state index contributed by atoms with van der Waals surface area (Å²) in [6.45, 7) is 5.40. The van der Waals surface area contributed by atoms with Gasteiger partial charge in [-0.2, -0.15) is 0 Å². The Kier molecular flexibility index (Phi) is 10.6. The molecule has 7 nitrogen and oxygen atoms in total. The third kappa shape index (κ3) is 8.23. The van der Waals surface area contributed by atoms with E-state index in [9.17, 15) is 14.4 Å². The van der Waals surface area contributed by atoms with E-state index >= 15 is 0 Å². The third-order valence-electron chi connectivity index (χ3n) is 9.12. The molecule has 1 fully saturated rings. The van der Waals surface area contributed by atoms with E-state index in [1.165, 1.54) is 53.6 Å². The number of carbonyl (C=O) groups is 3. The number of carboxylic acids is 2. The molecular weight excluding hydrogens is 552 g/mol. The average Bonchev–Trinajstić information content (AvgIpc) is 3.39. The molecule has 3 aliphatic rings. The molecule has 0 aromatic heterocycles. The minimum atomic E-state index is -1.26. The molecule has 2 aliphatic heterocycles. The molecule has 1 atom stereocenters. The summed E-state index contributed by atoms with van der Waals surface area (Å²) in [5.74, 6) is -0.864. The number of benzene rings is 3. The lowest BCUT2D eigenvalue weighted by atomic mass is 9.80. The Hall–Kier alpha value is -4.23. The summed E-state index contributed by atoms with van der Waals surface area (Å²) in [5.41, 5.74) is 8.04. The lowest BCUT2D eigenvalue weighted by Crippen LogP contribution is -2.33. The summed E-state index contributed by atoms with van der Waals surface area (Å²) in [6, 6.07) is 26.0. The van der Waals surface area contributed by atoms with Crippen molar-refractivity contribution in [1.82, 2.24) is 4.90 Å². The number of rotatable bonds is 10. The fourth-order valence-corrected chi connectivity index (χ4v) is 6.97. The van der Waals surface area contributed by atoms with Gasteiger partial charge < -0.3 is 15.1 Å². The van der Waals surface area contributed by atoms with Gasteiger partial charge in [-0.1, -0.05) is 60.7 Å². The van der Waals surface area contributed by atoms with Crippen molar-refractivity contribution in [2.45, 2.75) is 64.0 Å². The van der Waals surface area contributed by atoms with E-state index in [4.69, 9.17) is 10.2 Å². The largest absolute Gasteiger partial charge is 0.478 e. The van der Waals surface area contributed by atoms with Crippen molar-refractivity contribution in [3.8, 4) is 0 Å². The summed E-state index contributed by atoms with van der Waals surface area (Å²) in [6.07, 6.45) is 8.82. The Balaban J connectivity index is 0.000000426. The summed E-state index contributed by atoms with van der Waals surface area (Å²) < 4.78 is 0. The van der Waals surface area contributed by atoms with Crippen LogP contribution in [0.1, 0.15) is 77.1 Å². The highest BCUT2D eigenvalue weighted by molar-refractivity contribution is 5.99. The predicted molar refractivity (Wildman–Crippen MR) is 172 cm³/mol. The highest BCUT2D eigenvalue weighted by atomic mass is 16.4. The first-order valence-electron chi connectivity index (χ1n) is 15.8. The van der Waals surface area contributed by atoms with Gasteiger partial charge in [0.15, 0.2) is 5.78 Å². The number of carboxylic acid groups (broad SMARTS) is 2. The van der Waals surface area contributed by atoms with Crippen molar-refractivity contribution in [2.75, 3.05) is 24.5 Å². The number of carbonyl (C=O) groups excluding carboxylic acids is 1. The van der Waals surface area contributed by atoms with Gasteiger partial charge in [-0.15, -0.1) is 0 Å². The lowest BCUT2D eigenvalue weighted by Gasteiger charge is -2.32. The topological polar surface area (TPSA) is 98.2 Å². The smallest absolute Gasteiger partial charge is 0.328 e. The maximum absolute atomic E-state index is 13.5. The zero-order valence-electron chi connectivity index (χ0n) is 25.2. The SMILES string of the molecule is O=C(CCC1CCN(Cc2ccccc2)CC1)c1ccc2c3c1CCCC3CN2Cc1ccccc1.O=C(O)C=CC(=O)O. The van der Waals surface area contributed by atoms with Gasteiger partial charge in [-0.05, 0) is 91.9 Å². The number of piperidine rings is 1. The number of anilines is 1. The van der Waals surface area contributed by atoms with Gasteiger partial charge in [0.1, 0.15) is 0 Å². The van der Waals surface area contributed by atoms with E-state index in [2.05, 4.69) is 82.6 Å². The van der Waals surface area contributed by atoms with E-state index in [1.807, 2.05) is 0 Å². The molecule has 3 aromatic rings. The molecule has 0 saturated carbocycles. The molecule has 0 radical (unpaired) electrons. The first kappa shape index (κ1) is 31.2. The van der Waals surface area contributed by atoms with Gasteiger partial charge in [0.05, 0.1) is 0 Å². The van der Waals surface area contributed by atoms with Crippen molar-refractivity contribution in [2.24, 2.45) is 5.92 Å². The predicted octanol–water partition coefficient (Wildman–Crippen LogP) is 6.71. The molecule has 44 heavy (non-hydrogen) atoms. The monoisotopic (exact) mass is 594 g/mol. The lowest BCUT2D eigenvalue weighted by molar-refractivity contribution is -0.134. The fraction of sp³-hybridized carbons (Fsp3) is 0.378. The van der Waals surface area contributed by atoms with E-state index < -0.39 is 11.9 Å². The second-order valence-electron chi connectivity index (χ2n) is 12.2. The molecule has 1 aliphatic carbocycles. The van der Waals surface area contributed by atoms with Crippen molar-refractivity contribution >= 4 is 23.4 Å². The van der Waals surface area contributed by atoms with E-state index in [-0.39, 0.29) is 0 Å². The number of hydrogen-bond acceptors (Lipinski definition) is 5. The standard InChI is InChI=1S/C33H38N2O.C4H4O4/c36-32(17-14-25-18-20-34(21-19-25)22-26-8-3-1-4-9-26)29-15-16-31-33-28(12-7-13-30(29)33)24-35(31)23-27-10-5-2-6-11-27;5-3(6)1-2-4(7)8/h1-6,8-11,15-16,25,28H,7,12-14,17-24H2;1-2H,(H,5,6)(H,7,8). The summed E-state index contributed by atoms with van der Waals surface area (Å²) in [4.78, 5) is 37.7. The molecule has 0 bridgehead atoms. The van der Waals surface area contributed by atoms with E-state index in [0.717, 1.165) is 51.1 Å². The van der Waals surface area contributed by atoms with Crippen molar-refractivity contribution in [1.29, 1.82) is 0 Å². The minimum absolute atomic E-state index is 0.377. The van der Waals surface area contributed by atoms with Crippen molar-refractivity contribution < 1.29 is 24.6 Å². The highest BCUT2D eigenvalue weighted by Gasteiger charge is 2.35. The van der Waals surface area contributed by atoms with Crippen LogP contribution < -0.4 is 4.90 Å². The van der Waals surface area contributed by atoms with Crippen LogP contribution in [0.4, 0.5) is 5.69 Å². The number of likely N-dealkylation sites (tertiary alicyclic amines) is 1. The molecule has 0 amide bonds. The van der Waals surface area contributed by atoms with Gasteiger partial charge >= 0.3 is 11.9 Å². The fourth-order valence-electron chi connectivity index (χ4n) is 6.97. The Morgan fingerprint density at radius 1 is 0.773 bits per heavy atom. The number of Topliss-reactive ketones (excluding diaryl/α,β-unsaturated/α-hetero) is 1. The number of hydrogen-bond donors (Lipinski definition) is 2. The van der Waals surface area contributed by atoms with Crippen LogP contribution in [-0.4, -0.2) is 52.5 Å². The third-order valence-corrected chi connectivity index (χ3v) is 9.12. The van der Waals surface area contributed by atoms with Gasteiger partial charge in [0, 0.05) is 55.4 Å². The first-order valence-corrected chi connectivity index (χ1v) is 15.8. The summed E-state index contributed by atoms with van der Waals surface area (Å²) in [7, 11) is 0. The second kappa shape index (κ2) is 15.0. The summed E-state index contributed by atoms with van der Waals surface area (Å²) >= 11 is 0. The van der Waals surface area contributed by atoms with Gasteiger partial charge in [-0.25, -0.2) is 9.59 Å². The molecular formula is C37H42N2O5. The maximum Gasteiger partial charge on any atom is 0.328 e. The molecule has 1 saturated heterocycles. The van der Waals surface area contributed by atoms with Crippen LogP contribution in [0.2, 0.25) is 0 Å². The van der Waals surface area contributed by atoms with Gasteiger partial charge in [-0.3, -0.25) is 9.69 Å². The first-order chi connectivity index (χ1) is 21.4. The van der Waals surface area contributed by atoms with Gasteiger partial charge in [0.25, 0.3) is 0 Å². The van der Waals surface area contributed by atoms with Crippen LogP contribution in [0.25, 0.3) is 0 Å². The molecule has 230 valence electrons. The molecule has 3 aromatic carbocycles. The maximum atomic E-state index is 13.5. The second-order valence-corrected chi connectivity index (χ2v) is 12.2. The Morgan fingerprint density at radius 3 is 2.00 bits per heavy atom.